The van der Waals surface area contributed by atoms with Gasteiger partial charge < -0.3 is 0 Å². The zero-order valence-electron chi connectivity index (χ0n) is 19.7. The molecule has 4 aromatic carbocycles. The zero-order chi connectivity index (χ0) is 27.5. The molecule has 2 N–H and O–H groups in total. The van der Waals surface area contributed by atoms with Gasteiger partial charge in [0.1, 0.15) is 11.3 Å². The van der Waals surface area contributed by atoms with E-state index in [1.165, 1.54) is 27.0 Å². The lowest BCUT2D eigenvalue weighted by molar-refractivity contribution is -0.432. The maximum absolute atomic E-state index is 13.9. The van der Waals surface area contributed by atoms with Gasteiger partial charge in [0.05, 0.1) is 39.0 Å². The van der Waals surface area contributed by atoms with Crippen LogP contribution in [0.3, 0.4) is 0 Å². The lowest BCUT2D eigenvalue weighted by atomic mass is 9.96. The summed E-state index contributed by atoms with van der Waals surface area (Å²) in [4.78, 5) is 37.2. The van der Waals surface area contributed by atoms with Crippen molar-refractivity contribution < 1.29 is 27.6 Å². The molecular weight excluding hydrogens is 560 g/mol. The molecule has 0 aliphatic heterocycles. The standard InChI is InChI=1S/C26H12N4O8S2/c31-25-15-5-4-14-22-16(26(32)30-20-10-12(40(34,35)36)2-8-18(20)28-24(14)30)6-3-13(21(15)22)23-27-17-7-1-11(39-38-37-33)9-19(17)29(23)25/h1-10,33H,(H,34,35,36). The number of hydrogen-bond donors (Lipinski definition) is 2. The highest BCUT2D eigenvalue weighted by atomic mass is 32.2. The number of aromatic nitrogens is 4. The third-order valence-electron chi connectivity index (χ3n) is 7.22. The molecule has 0 saturated heterocycles. The molecule has 0 spiro atoms. The molecule has 196 valence electrons. The van der Waals surface area contributed by atoms with E-state index in [4.69, 9.17) is 10.2 Å². The highest BCUT2D eigenvalue weighted by molar-refractivity contribution is 7.94. The van der Waals surface area contributed by atoms with Crippen LogP contribution in [0.25, 0.3) is 65.7 Å². The predicted octanol–water partition coefficient (Wildman–Crippen LogP) is 4.02. The smallest absolute Gasteiger partial charge is 0.282 e. The van der Waals surface area contributed by atoms with Gasteiger partial charge >= 0.3 is 0 Å². The first kappa shape index (κ1) is 23.4. The molecule has 0 unspecified atom stereocenters. The fraction of sp³-hybridized carbons (Fsp3) is 0. The van der Waals surface area contributed by atoms with Crippen LogP contribution in [0.5, 0.6) is 0 Å². The molecule has 12 nitrogen and oxygen atoms in total. The molecule has 40 heavy (non-hydrogen) atoms. The zero-order valence-corrected chi connectivity index (χ0v) is 21.4. The molecule has 0 aliphatic carbocycles. The van der Waals surface area contributed by atoms with E-state index >= 15 is 0 Å². The molecule has 0 fully saturated rings. The molecule has 8 rings (SSSR count). The highest BCUT2D eigenvalue weighted by Crippen LogP contribution is 2.37. The lowest BCUT2D eigenvalue weighted by Crippen LogP contribution is -2.16. The number of imidazole rings is 2. The number of hydrogen-bond acceptors (Lipinski definition) is 10. The fourth-order valence-corrected chi connectivity index (χ4v) is 6.51. The van der Waals surface area contributed by atoms with Gasteiger partial charge in [-0.15, -0.1) is 4.33 Å². The normalized spacial score (nSPS) is 12.9. The minimum absolute atomic E-state index is 0.233. The van der Waals surface area contributed by atoms with Gasteiger partial charge in [0.15, 0.2) is 0 Å². The molecule has 0 saturated carbocycles. The van der Waals surface area contributed by atoms with E-state index in [2.05, 4.69) is 14.4 Å². The maximum Gasteiger partial charge on any atom is 0.294 e. The van der Waals surface area contributed by atoms with E-state index in [1.807, 2.05) is 0 Å². The Bertz CT molecular complexity index is 2610. The van der Waals surface area contributed by atoms with Gasteiger partial charge in [-0.2, -0.15) is 8.42 Å². The summed E-state index contributed by atoms with van der Waals surface area (Å²) in [5, 5.41) is 15.2. The van der Waals surface area contributed by atoms with Crippen LogP contribution >= 0.6 is 12.0 Å². The SMILES string of the molecule is O=c1c2ccc3c4c(ccc(c24)c2nc4ccc(SOOO)cc4n12)c(=O)n1c2cc(S(=O)(=O)O)ccc2nc31. The van der Waals surface area contributed by atoms with E-state index in [0.29, 0.717) is 65.1 Å². The Morgan fingerprint density at radius 1 is 0.725 bits per heavy atom. The Morgan fingerprint density at radius 3 is 1.80 bits per heavy atom. The summed E-state index contributed by atoms with van der Waals surface area (Å²) in [5.41, 5.74) is 1.61. The molecule has 4 aromatic heterocycles. The third kappa shape index (κ3) is 2.96. The summed E-state index contributed by atoms with van der Waals surface area (Å²) < 4.78 is 40.4. The fourth-order valence-electron chi connectivity index (χ4n) is 5.62. The van der Waals surface area contributed by atoms with Crippen LogP contribution in [0, 0.1) is 0 Å². The molecule has 14 heteroatoms. The minimum atomic E-state index is -4.50. The van der Waals surface area contributed by atoms with E-state index in [0.717, 1.165) is 12.0 Å². The Hall–Kier alpha value is -4.44. The van der Waals surface area contributed by atoms with Crippen LogP contribution < -0.4 is 11.1 Å². The van der Waals surface area contributed by atoms with Gasteiger partial charge in [-0.1, -0.05) is 5.04 Å². The summed E-state index contributed by atoms with van der Waals surface area (Å²) in [7, 11) is -4.50. The van der Waals surface area contributed by atoms with Crippen molar-refractivity contribution in [3.8, 4) is 0 Å². The minimum Gasteiger partial charge on any atom is -0.282 e. The highest BCUT2D eigenvalue weighted by Gasteiger charge is 2.23. The number of nitrogens with zero attached hydrogens (tertiary/aromatic N) is 4. The van der Waals surface area contributed by atoms with Crippen LogP contribution in [0.15, 0.2) is 80.0 Å². The summed E-state index contributed by atoms with van der Waals surface area (Å²) >= 11 is 0.764. The van der Waals surface area contributed by atoms with Gasteiger partial charge in [-0.3, -0.25) is 22.9 Å². The monoisotopic (exact) mass is 572 g/mol. The van der Waals surface area contributed by atoms with Crippen LogP contribution in [0.1, 0.15) is 0 Å². The van der Waals surface area contributed by atoms with Crippen molar-refractivity contribution in [1.29, 1.82) is 0 Å². The van der Waals surface area contributed by atoms with E-state index in [9.17, 15) is 22.6 Å². The van der Waals surface area contributed by atoms with E-state index < -0.39 is 15.7 Å². The summed E-state index contributed by atoms with van der Waals surface area (Å²) in [6.07, 6.45) is 0. The summed E-state index contributed by atoms with van der Waals surface area (Å²) in [5.74, 6) is 0. The molecule has 8 aromatic rings. The van der Waals surface area contributed by atoms with Crippen LogP contribution in [-0.4, -0.2) is 37.0 Å². The van der Waals surface area contributed by atoms with Crippen molar-refractivity contribution in [2.75, 3.05) is 0 Å². The molecule has 0 amide bonds. The predicted molar refractivity (Wildman–Crippen MR) is 147 cm³/mol. The molecule has 0 aliphatic rings. The van der Waals surface area contributed by atoms with E-state index in [-0.39, 0.29) is 16.0 Å². The van der Waals surface area contributed by atoms with Gasteiger partial charge in [-0.25, -0.2) is 15.2 Å². The van der Waals surface area contributed by atoms with Crippen LogP contribution in [0.4, 0.5) is 0 Å². The van der Waals surface area contributed by atoms with Crippen molar-refractivity contribution in [3.05, 3.63) is 81.4 Å². The van der Waals surface area contributed by atoms with Crippen molar-refractivity contribution >= 4 is 87.8 Å². The average molecular weight is 573 g/mol. The van der Waals surface area contributed by atoms with Gasteiger partial charge in [0.2, 0.25) is 0 Å². The lowest BCUT2D eigenvalue weighted by Gasteiger charge is -2.12. The Kier molecular flexibility index (Phi) is 4.58. The second-order valence-electron chi connectivity index (χ2n) is 9.23. The quantitative estimate of drug-likeness (QED) is 0.103. The van der Waals surface area contributed by atoms with Crippen molar-refractivity contribution in [3.63, 3.8) is 0 Å². The summed E-state index contributed by atoms with van der Waals surface area (Å²) in [6.45, 7) is 0. The van der Waals surface area contributed by atoms with Crippen molar-refractivity contribution in [2.45, 2.75) is 9.79 Å². The first-order chi connectivity index (χ1) is 19.3. The Morgan fingerprint density at radius 2 is 1.25 bits per heavy atom. The third-order valence-corrected chi connectivity index (χ3v) is 8.64. The number of fused-ring (bicyclic) bond motifs is 8. The second-order valence-corrected chi connectivity index (χ2v) is 11.4. The molecule has 0 bridgehead atoms. The van der Waals surface area contributed by atoms with Gasteiger partial charge in [0.25, 0.3) is 21.2 Å². The largest absolute Gasteiger partial charge is 0.294 e. The van der Waals surface area contributed by atoms with Gasteiger partial charge in [-0.05, 0) is 60.7 Å². The topological polar surface area (TPSA) is 162 Å². The number of rotatable bonds is 4. The second kappa shape index (κ2) is 7.82. The molecular formula is C26H12N4O8S2. The average Bonchev–Trinajstić information content (AvgIpc) is 3.52. The maximum atomic E-state index is 13.9. The summed E-state index contributed by atoms with van der Waals surface area (Å²) in [6, 6.07) is 15.7. The van der Waals surface area contributed by atoms with Gasteiger partial charge in [0, 0.05) is 37.2 Å². The number of benzene rings is 4. The first-order valence-electron chi connectivity index (χ1n) is 11.6. The molecule has 0 atom stereocenters. The first-order valence-corrected chi connectivity index (χ1v) is 13.8. The van der Waals surface area contributed by atoms with Crippen molar-refractivity contribution in [1.82, 2.24) is 18.8 Å². The van der Waals surface area contributed by atoms with Crippen molar-refractivity contribution in [2.24, 2.45) is 0 Å². The number of pyridine rings is 2. The van der Waals surface area contributed by atoms with Crippen LogP contribution in [0.2, 0.25) is 0 Å². The van der Waals surface area contributed by atoms with E-state index in [1.54, 1.807) is 42.5 Å². The molecule has 0 radical (unpaired) electrons. The van der Waals surface area contributed by atoms with Crippen LogP contribution in [-0.2, 0) is 19.5 Å². The Balaban J connectivity index is 1.53. The Labute approximate surface area is 225 Å². The molecule has 4 heterocycles.